The largest absolute Gasteiger partial charge is 0.455 e. The topological polar surface area (TPSA) is 92.8 Å². The summed E-state index contributed by atoms with van der Waals surface area (Å²) in [5.41, 5.74) is 1.79. The first-order chi connectivity index (χ1) is 12.2. The third kappa shape index (κ3) is 6.45. The second-order valence-corrected chi connectivity index (χ2v) is 7.37. The zero-order valence-corrected chi connectivity index (χ0v) is 15.8. The van der Waals surface area contributed by atoms with E-state index in [4.69, 9.17) is 4.74 Å². The first-order valence-corrected chi connectivity index (χ1v) is 9.41. The maximum absolute atomic E-state index is 12.2. The molecule has 7 nitrogen and oxygen atoms in total. The Morgan fingerprint density at radius 2 is 1.77 bits per heavy atom. The number of benzene rings is 1. The van der Waals surface area contributed by atoms with Crippen molar-refractivity contribution in [1.82, 2.24) is 9.62 Å². The molecule has 1 N–H and O–H groups in total. The van der Waals surface area contributed by atoms with Crippen LogP contribution in [0.1, 0.15) is 11.1 Å². The number of esters is 1. The van der Waals surface area contributed by atoms with E-state index < -0.39 is 35.1 Å². The highest BCUT2D eigenvalue weighted by Gasteiger charge is 2.18. The van der Waals surface area contributed by atoms with E-state index in [2.05, 4.69) is 17.9 Å². The standard InChI is InChI=1S/C18H24N2O5S/c1-5-9-20(10-6-2)17(21)13-25-18(22)12-19-26(23,24)16-8-7-14(3)15(4)11-16/h5-8,11,19H,1-2,9-10,12-13H2,3-4H3. The van der Waals surface area contributed by atoms with Crippen LogP contribution in [0.2, 0.25) is 0 Å². The van der Waals surface area contributed by atoms with E-state index in [0.29, 0.717) is 13.1 Å². The number of amides is 1. The summed E-state index contributed by atoms with van der Waals surface area (Å²) in [6, 6.07) is 4.67. The number of rotatable bonds is 10. The van der Waals surface area contributed by atoms with Gasteiger partial charge in [0.2, 0.25) is 10.0 Å². The van der Waals surface area contributed by atoms with Gasteiger partial charge in [0.15, 0.2) is 6.61 Å². The second kappa shape index (κ2) is 9.88. The molecule has 1 rings (SSSR count). The van der Waals surface area contributed by atoms with Crippen molar-refractivity contribution in [2.24, 2.45) is 0 Å². The smallest absolute Gasteiger partial charge is 0.321 e. The van der Waals surface area contributed by atoms with Crippen LogP contribution < -0.4 is 4.72 Å². The Balaban J connectivity index is 2.57. The van der Waals surface area contributed by atoms with Crippen molar-refractivity contribution < 1.29 is 22.7 Å². The van der Waals surface area contributed by atoms with Crippen molar-refractivity contribution in [3.63, 3.8) is 0 Å². The Hall–Kier alpha value is -2.45. The first kappa shape index (κ1) is 21.6. The van der Waals surface area contributed by atoms with Crippen LogP contribution in [0.5, 0.6) is 0 Å². The summed E-state index contributed by atoms with van der Waals surface area (Å²) in [5, 5.41) is 0. The lowest BCUT2D eigenvalue weighted by molar-refractivity contribution is -0.150. The van der Waals surface area contributed by atoms with E-state index >= 15 is 0 Å². The Labute approximate surface area is 154 Å². The highest BCUT2D eigenvalue weighted by Crippen LogP contribution is 2.14. The molecule has 1 aromatic carbocycles. The Bertz CT molecular complexity index is 777. The Morgan fingerprint density at radius 1 is 1.15 bits per heavy atom. The van der Waals surface area contributed by atoms with Crippen LogP contribution in [0.15, 0.2) is 48.4 Å². The van der Waals surface area contributed by atoms with Gasteiger partial charge in [0.05, 0.1) is 4.90 Å². The summed E-state index contributed by atoms with van der Waals surface area (Å²) in [6.07, 6.45) is 3.09. The van der Waals surface area contributed by atoms with Crippen LogP contribution >= 0.6 is 0 Å². The van der Waals surface area contributed by atoms with Crippen molar-refractivity contribution in [3.8, 4) is 0 Å². The van der Waals surface area contributed by atoms with Gasteiger partial charge in [-0.25, -0.2) is 8.42 Å². The fourth-order valence-corrected chi connectivity index (χ4v) is 3.05. The van der Waals surface area contributed by atoms with Gasteiger partial charge in [-0.15, -0.1) is 13.2 Å². The molecule has 1 amide bonds. The highest BCUT2D eigenvalue weighted by atomic mass is 32.2. The number of hydrogen-bond donors (Lipinski definition) is 1. The molecule has 0 radical (unpaired) electrons. The molecule has 0 unspecified atom stereocenters. The summed E-state index contributed by atoms with van der Waals surface area (Å²) in [4.78, 5) is 25.1. The number of aryl methyl sites for hydroxylation is 2. The lowest BCUT2D eigenvalue weighted by Crippen LogP contribution is -2.37. The fourth-order valence-electron chi connectivity index (χ4n) is 1.99. The lowest BCUT2D eigenvalue weighted by Gasteiger charge is -2.19. The van der Waals surface area contributed by atoms with Gasteiger partial charge >= 0.3 is 5.97 Å². The molecule has 0 aromatic heterocycles. The molecule has 0 heterocycles. The number of ether oxygens (including phenoxy) is 1. The zero-order chi connectivity index (χ0) is 19.7. The molecule has 142 valence electrons. The van der Waals surface area contributed by atoms with Crippen molar-refractivity contribution in [1.29, 1.82) is 0 Å². The average molecular weight is 380 g/mol. The average Bonchev–Trinajstić information content (AvgIpc) is 2.60. The number of sulfonamides is 1. The van der Waals surface area contributed by atoms with Crippen LogP contribution in [-0.4, -0.2) is 51.4 Å². The molecule has 8 heteroatoms. The summed E-state index contributed by atoms with van der Waals surface area (Å²) in [6.45, 7) is 10.3. The molecule has 0 spiro atoms. The predicted molar refractivity (Wildman–Crippen MR) is 99.0 cm³/mol. The molecule has 0 aliphatic carbocycles. The molecule has 0 saturated carbocycles. The molecular formula is C18H24N2O5S. The number of nitrogens with one attached hydrogen (secondary N) is 1. The van der Waals surface area contributed by atoms with Gasteiger partial charge in [-0.3, -0.25) is 9.59 Å². The molecule has 0 aliphatic heterocycles. The quantitative estimate of drug-likeness (QED) is 0.488. The summed E-state index contributed by atoms with van der Waals surface area (Å²) < 4.78 is 31.4. The van der Waals surface area contributed by atoms with Crippen LogP contribution in [0, 0.1) is 13.8 Å². The van der Waals surface area contributed by atoms with Crippen molar-refractivity contribution in [2.75, 3.05) is 26.2 Å². The van der Waals surface area contributed by atoms with Crippen LogP contribution in [0.4, 0.5) is 0 Å². The Morgan fingerprint density at radius 3 is 2.31 bits per heavy atom. The number of carbonyl (C=O) groups excluding carboxylic acids is 2. The minimum atomic E-state index is -3.84. The fraction of sp³-hybridized carbons (Fsp3) is 0.333. The molecule has 0 aliphatic rings. The van der Waals surface area contributed by atoms with Crippen LogP contribution in [0.3, 0.4) is 0 Å². The monoisotopic (exact) mass is 380 g/mol. The predicted octanol–water partition coefficient (Wildman–Crippen LogP) is 1.33. The summed E-state index contributed by atoms with van der Waals surface area (Å²) in [7, 11) is -3.84. The third-order valence-corrected chi connectivity index (χ3v) is 5.00. The summed E-state index contributed by atoms with van der Waals surface area (Å²) in [5.74, 6) is -1.27. The van der Waals surface area contributed by atoms with Gasteiger partial charge in [-0.2, -0.15) is 4.72 Å². The van der Waals surface area contributed by atoms with Gasteiger partial charge < -0.3 is 9.64 Å². The highest BCUT2D eigenvalue weighted by molar-refractivity contribution is 7.89. The van der Waals surface area contributed by atoms with Gasteiger partial charge in [-0.05, 0) is 37.1 Å². The van der Waals surface area contributed by atoms with E-state index in [1.807, 2.05) is 6.92 Å². The van der Waals surface area contributed by atoms with E-state index in [1.165, 1.54) is 17.0 Å². The number of carbonyl (C=O) groups is 2. The van der Waals surface area contributed by atoms with E-state index in [0.717, 1.165) is 11.1 Å². The third-order valence-electron chi connectivity index (χ3n) is 3.60. The van der Waals surface area contributed by atoms with E-state index in [1.54, 1.807) is 25.1 Å². The van der Waals surface area contributed by atoms with Crippen molar-refractivity contribution >= 4 is 21.9 Å². The van der Waals surface area contributed by atoms with Gasteiger partial charge in [-0.1, -0.05) is 18.2 Å². The molecule has 0 bridgehead atoms. The maximum atomic E-state index is 12.2. The van der Waals surface area contributed by atoms with E-state index in [9.17, 15) is 18.0 Å². The second-order valence-electron chi connectivity index (χ2n) is 5.61. The van der Waals surface area contributed by atoms with E-state index in [-0.39, 0.29) is 4.90 Å². The molecule has 0 fully saturated rings. The van der Waals surface area contributed by atoms with Gasteiger partial charge in [0.25, 0.3) is 5.91 Å². The Kier molecular flexibility index (Phi) is 8.21. The number of hydrogen-bond acceptors (Lipinski definition) is 5. The lowest BCUT2D eigenvalue weighted by atomic mass is 10.1. The summed E-state index contributed by atoms with van der Waals surface area (Å²) >= 11 is 0. The van der Waals surface area contributed by atoms with Crippen molar-refractivity contribution in [3.05, 3.63) is 54.6 Å². The first-order valence-electron chi connectivity index (χ1n) is 7.93. The molecule has 26 heavy (non-hydrogen) atoms. The molecule has 0 saturated heterocycles. The SMILES string of the molecule is C=CCN(CC=C)C(=O)COC(=O)CNS(=O)(=O)c1ccc(C)c(C)c1. The molecular weight excluding hydrogens is 356 g/mol. The van der Waals surface area contributed by atoms with Crippen LogP contribution in [-0.2, 0) is 24.3 Å². The van der Waals surface area contributed by atoms with Gasteiger partial charge in [0.1, 0.15) is 6.54 Å². The van der Waals surface area contributed by atoms with Crippen LogP contribution in [0.25, 0.3) is 0 Å². The van der Waals surface area contributed by atoms with Crippen molar-refractivity contribution in [2.45, 2.75) is 18.7 Å². The van der Waals surface area contributed by atoms with Gasteiger partial charge in [0, 0.05) is 13.1 Å². The number of nitrogens with zero attached hydrogens (tertiary/aromatic N) is 1. The molecule has 0 atom stereocenters. The normalized spacial score (nSPS) is 10.8. The molecule has 1 aromatic rings. The minimum absolute atomic E-state index is 0.0626. The maximum Gasteiger partial charge on any atom is 0.321 e. The zero-order valence-electron chi connectivity index (χ0n) is 15.0. The minimum Gasteiger partial charge on any atom is -0.455 e.